The van der Waals surface area contributed by atoms with E-state index in [9.17, 15) is 43.2 Å². The van der Waals surface area contributed by atoms with E-state index in [0.717, 1.165) is 114 Å². The van der Waals surface area contributed by atoms with E-state index in [0.29, 0.717) is 25.7 Å². The van der Waals surface area contributed by atoms with Crippen molar-refractivity contribution < 1.29 is 80.2 Å². The number of carbonyl (C=O) groups is 4. The molecule has 95 heavy (non-hydrogen) atoms. The predicted molar refractivity (Wildman–Crippen MR) is 386 cm³/mol. The Bertz CT molecular complexity index is 1870. The van der Waals surface area contributed by atoms with Gasteiger partial charge in [-0.05, 0) is 49.4 Å². The maximum Gasteiger partial charge on any atom is 0.472 e. The third-order valence-corrected chi connectivity index (χ3v) is 20.2. The molecule has 564 valence electrons. The second kappa shape index (κ2) is 65.4. The quantitative estimate of drug-likeness (QED) is 0.0222. The SMILES string of the molecule is CCC(C)CCCCCCCCCCCCC(=O)OC[C@H](COP(=O)(O)OC[C@@H](O)COP(=O)(O)OC[C@@H](COC(=O)CCCCCCCCCCCCC(C)C)OC(=O)CCCCCCCCCCCCC(C)CC)OC(=O)CCCCCCCCCCCCCC(C)C. The van der Waals surface area contributed by atoms with Crippen molar-refractivity contribution in [2.45, 2.75) is 401 Å². The summed E-state index contributed by atoms with van der Waals surface area (Å²) in [5, 5.41) is 10.6. The van der Waals surface area contributed by atoms with Crippen LogP contribution in [-0.2, 0) is 65.4 Å². The number of aliphatic hydroxyl groups is 1. The van der Waals surface area contributed by atoms with Gasteiger partial charge in [0, 0.05) is 25.7 Å². The molecule has 7 atom stereocenters. The summed E-state index contributed by atoms with van der Waals surface area (Å²) in [6.45, 7) is 14.3. The van der Waals surface area contributed by atoms with E-state index in [1.54, 1.807) is 0 Å². The van der Waals surface area contributed by atoms with E-state index in [2.05, 4.69) is 55.4 Å². The highest BCUT2D eigenvalue weighted by Gasteiger charge is 2.30. The number of phosphoric ester groups is 2. The number of hydrogen-bond donors (Lipinski definition) is 3. The van der Waals surface area contributed by atoms with Gasteiger partial charge in [0.15, 0.2) is 12.2 Å². The molecule has 0 aromatic heterocycles. The molecular weight excluding hydrogens is 1250 g/mol. The molecule has 0 aliphatic carbocycles. The number of esters is 4. The molecule has 0 radical (unpaired) electrons. The smallest absolute Gasteiger partial charge is 0.462 e. The highest BCUT2D eigenvalue weighted by atomic mass is 31.2. The Hall–Kier alpha value is -1.94. The van der Waals surface area contributed by atoms with Gasteiger partial charge in [0.25, 0.3) is 0 Å². The van der Waals surface area contributed by atoms with Gasteiger partial charge in [-0.2, -0.15) is 0 Å². The first-order valence-corrected chi connectivity index (χ1v) is 42.3. The number of aliphatic hydroxyl groups excluding tert-OH is 1. The zero-order valence-electron chi connectivity index (χ0n) is 62.3. The van der Waals surface area contributed by atoms with Crippen LogP contribution in [0, 0.1) is 23.7 Å². The Morgan fingerprint density at radius 2 is 0.505 bits per heavy atom. The van der Waals surface area contributed by atoms with Crippen LogP contribution < -0.4 is 0 Å². The average Bonchev–Trinajstić information content (AvgIpc) is 1.48. The molecule has 0 rings (SSSR count). The van der Waals surface area contributed by atoms with Crippen LogP contribution in [0.15, 0.2) is 0 Å². The Morgan fingerprint density at radius 3 is 0.747 bits per heavy atom. The van der Waals surface area contributed by atoms with Crippen molar-refractivity contribution in [1.29, 1.82) is 0 Å². The largest absolute Gasteiger partial charge is 0.472 e. The molecule has 0 amide bonds. The van der Waals surface area contributed by atoms with Crippen LogP contribution >= 0.6 is 15.6 Å². The van der Waals surface area contributed by atoms with Crippen LogP contribution in [0.25, 0.3) is 0 Å². The van der Waals surface area contributed by atoms with E-state index in [1.165, 1.54) is 186 Å². The second-order valence-corrected chi connectivity index (χ2v) is 31.7. The number of hydrogen-bond acceptors (Lipinski definition) is 15. The van der Waals surface area contributed by atoms with Crippen molar-refractivity contribution in [3.63, 3.8) is 0 Å². The summed E-state index contributed by atoms with van der Waals surface area (Å²) in [7, 11) is -9.92. The Balaban J connectivity index is 5.29. The van der Waals surface area contributed by atoms with Crippen LogP contribution in [0.1, 0.15) is 383 Å². The van der Waals surface area contributed by atoms with Gasteiger partial charge < -0.3 is 33.8 Å². The normalized spacial score (nSPS) is 14.7. The summed E-state index contributed by atoms with van der Waals surface area (Å²) in [6, 6.07) is 0. The molecule has 0 fully saturated rings. The first-order chi connectivity index (χ1) is 45.7. The zero-order valence-corrected chi connectivity index (χ0v) is 64.1. The summed E-state index contributed by atoms with van der Waals surface area (Å²) in [4.78, 5) is 72.9. The highest BCUT2D eigenvalue weighted by Crippen LogP contribution is 2.45. The molecule has 0 aromatic rings. The summed E-state index contributed by atoms with van der Waals surface area (Å²) < 4.78 is 68.6. The zero-order chi connectivity index (χ0) is 70.3. The molecule has 0 aromatic carbocycles. The lowest BCUT2D eigenvalue weighted by atomic mass is 9.99. The fraction of sp³-hybridized carbons (Fsp3) is 0.947. The van der Waals surface area contributed by atoms with Crippen molar-refractivity contribution >= 4 is 39.5 Å². The minimum Gasteiger partial charge on any atom is -0.462 e. The summed E-state index contributed by atoms with van der Waals surface area (Å²) in [5.41, 5.74) is 0. The fourth-order valence-corrected chi connectivity index (χ4v) is 13.1. The lowest BCUT2D eigenvalue weighted by molar-refractivity contribution is -0.161. The molecule has 0 heterocycles. The molecule has 0 bridgehead atoms. The molecule has 0 spiro atoms. The van der Waals surface area contributed by atoms with E-state index < -0.39 is 97.5 Å². The number of phosphoric acid groups is 2. The van der Waals surface area contributed by atoms with Crippen molar-refractivity contribution in [2.75, 3.05) is 39.6 Å². The first-order valence-electron chi connectivity index (χ1n) is 39.3. The number of carbonyl (C=O) groups excluding carboxylic acids is 4. The third-order valence-electron chi connectivity index (χ3n) is 18.3. The minimum absolute atomic E-state index is 0.106. The molecule has 4 unspecified atom stereocenters. The van der Waals surface area contributed by atoms with Crippen LogP contribution in [0.2, 0.25) is 0 Å². The molecular formula is C76H148O17P2. The number of unbranched alkanes of at least 4 members (excludes halogenated alkanes) is 37. The molecule has 0 saturated heterocycles. The molecule has 0 aliphatic heterocycles. The Kier molecular flexibility index (Phi) is 64.0. The summed E-state index contributed by atoms with van der Waals surface area (Å²) in [5.74, 6) is 1.02. The lowest BCUT2D eigenvalue weighted by Crippen LogP contribution is -2.30. The first kappa shape index (κ1) is 93.1. The topological polar surface area (TPSA) is 237 Å². The third kappa shape index (κ3) is 67.6. The Labute approximate surface area is 581 Å². The van der Waals surface area contributed by atoms with Gasteiger partial charge in [-0.25, -0.2) is 9.13 Å². The van der Waals surface area contributed by atoms with Gasteiger partial charge in [-0.3, -0.25) is 37.3 Å². The van der Waals surface area contributed by atoms with E-state index in [4.69, 9.17) is 37.0 Å². The van der Waals surface area contributed by atoms with Gasteiger partial charge in [0.05, 0.1) is 26.4 Å². The average molecular weight is 1400 g/mol. The van der Waals surface area contributed by atoms with Crippen LogP contribution in [0.3, 0.4) is 0 Å². The van der Waals surface area contributed by atoms with E-state index in [-0.39, 0.29) is 25.7 Å². The fourth-order valence-electron chi connectivity index (χ4n) is 11.5. The highest BCUT2D eigenvalue weighted by molar-refractivity contribution is 7.47. The molecule has 0 saturated carbocycles. The second-order valence-electron chi connectivity index (χ2n) is 28.8. The molecule has 17 nitrogen and oxygen atoms in total. The van der Waals surface area contributed by atoms with Crippen molar-refractivity contribution in [1.82, 2.24) is 0 Å². The number of rotatable bonds is 73. The van der Waals surface area contributed by atoms with Crippen molar-refractivity contribution in [3.8, 4) is 0 Å². The van der Waals surface area contributed by atoms with E-state index >= 15 is 0 Å². The van der Waals surface area contributed by atoms with Gasteiger partial charge in [-0.15, -0.1) is 0 Å². The van der Waals surface area contributed by atoms with Crippen molar-refractivity contribution in [3.05, 3.63) is 0 Å². The van der Waals surface area contributed by atoms with Crippen LogP contribution in [0.4, 0.5) is 0 Å². The molecule has 3 N–H and O–H groups in total. The maximum atomic E-state index is 13.1. The van der Waals surface area contributed by atoms with Gasteiger partial charge in [-0.1, -0.05) is 331 Å². The molecule has 0 aliphatic rings. The van der Waals surface area contributed by atoms with Crippen LogP contribution in [0.5, 0.6) is 0 Å². The predicted octanol–water partition coefficient (Wildman–Crippen LogP) is 22.0. The van der Waals surface area contributed by atoms with Gasteiger partial charge in [0.2, 0.25) is 0 Å². The molecule has 19 heteroatoms. The summed E-state index contributed by atoms with van der Waals surface area (Å²) in [6.07, 6.45) is 49.7. The maximum absolute atomic E-state index is 13.1. The van der Waals surface area contributed by atoms with Gasteiger partial charge >= 0.3 is 39.5 Å². The van der Waals surface area contributed by atoms with Gasteiger partial charge in [0.1, 0.15) is 19.3 Å². The van der Waals surface area contributed by atoms with Crippen LogP contribution in [-0.4, -0.2) is 96.7 Å². The monoisotopic (exact) mass is 1400 g/mol. The van der Waals surface area contributed by atoms with E-state index in [1.807, 2.05) is 0 Å². The lowest BCUT2D eigenvalue weighted by Gasteiger charge is -2.21. The minimum atomic E-state index is -4.96. The summed E-state index contributed by atoms with van der Waals surface area (Å²) >= 11 is 0. The Morgan fingerprint density at radius 1 is 0.295 bits per heavy atom. The van der Waals surface area contributed by atoms with Crippen molar-refractivity contribution in [2.24, 2.45) is 23.7 Å². The number of ether oxygens (including phenoxy) is 4. The standard InChI is InChI=1S/C76H148O17P2/c1-9-68(7)54-46-38-30-22-15-18-25-33-41-49-57-74(79)87-62-71(92-75(80)58-50-42-34-26-13-11-12-20-28-36-44-52-66(3)4)64-90-94(82,83)88-60-70(77)61-89-95(84,85)91-65-72(63-86-73(78)56-48-40-32-24-17-14-21-29-37-45-53-67(5)6)93-76(81)59-51-43-35-27-19-16-23-31-39-47-55-69(8)10-2/h66-72,77H,9-65H2,1-8H3,(H,82,83)(H,84,85)/t68?,69?,70-,71-,72-/m1/s1.